The first-order valence-corrected chi connectivity index (χ1v) is 5.30. The fourth-order valence-electron chi connectivity index (χ4n) is 1.25. The van der Waals surface area contributed by atoms with Gasteiger partial charge in [0.2, 0.25) is 0 Å². The zero-order valence-electron chi connectivity index (χ0n) is 7.66. The summed E-state index contributed by atoms with van der Waals surface area (Å²) in [5.74, 6) is 5.97. The fraction of sp³-hybridized carbons (Fsp3) is 0.167. The Morgan fingerprint density at radius 3 is 2.93 bits per heavy atom. The standard InChI is InChI=1S/C12H10OS/c13-8-4-3-6-11-9-10-5-1-2-7-12(10)14-11/h1-2,5,7,9,13H,4,8H2. The molecule has 0 aliphatic heterocycles. The maximum Gasteiger partial charge on any atom is 0.0781 e. The molecule has 0 atom stereocenters. The minimum Gasteiger partial charge on any atom is -0.395 e. The molecule has 2 heteroatoms. The van der Waals surface area contributed by atoms with Crippen molar-refractivity contribution < 1.29 is 5.11 Å². The monoisotopic (exact) mass is 202 g/mol. The summed E-state index contributed by atoms with van der Waals surface area (Å²) in [5, 5.41) is 9.83. The van der Waals surface area contributed by atoms with Gasteiger partial charge in [-0.1, -0.05) is 30.0 Å². The summed E-state index contributed by atoms with van der Waals surface area (Å²) in [4.78, 5) is 1.07. The van der Waals surface area contributed by atoms with Crippen LogP contribution < -0.4 is 0 Å². The van der Waals surface area contributed by atoms with Gasteiger partial charge in [0.15, 0.2) is 0 Å². The van der Waals surface area contributed by atoms with Crippen LogP contribution in [-0.2, 0) is 0 Å². The molecule has 0 saturated heterocycles. The summed E-state index contributed by atoms with van der Waals surface area (Å²) >= 11 is 1.69. The Bertz CT molecular complexity index is 454. The van der Waals surface area contributed by atoms with Gasteiger partial charge in [-0.15, -0.1) is 11.3 Å². The van der Waals surface area contributed by atoms with Crippen molar-refractivity contribution in [1.82, 2.24) is 0 Å². The molecule has 2 rings (SSSR count). The number of fused-ring (bicyclic) bond motifs is 1. The Kier molecular flexibility index (Phi) is 2.83. The molecule has 1 aromatic heterocycles. The zero-order valence-corrected chi connectivity index (χ0v) is 8.47. The Labute approximate surface area is 87.0 Å². The largest absolute Gasteiger partial charge is 0.395 e. The van der Waals surface area contributed by atoms with E-state index in [2.05, 4.69) is 30.0 Å². The van der Waals surface area contributed by atoms with Gasteiger partial charge in [0, 0.05) is 11.1 Å². The quantitative estimate of drug-likeness (QED) is 0.705. The minimum absolute atomic E-state index is 0.137. The lowest BCUT2D eigenvalue weighted by atomic mass is 10.2. The molecule has 0 spiro atoms. The highest BCUT2D eigenvalue weighted by Gasteiger charge is 1.96. The molecule has 1 aromatic carbocycles. The van der Waals surface area contributed by atoms with E-state index >= 15 is 0 Å². The Morgan fingerprint density at radius 2 is 2.14 bits per heavy atom. The van der Waals surface area contributed by atoms with Crippen LogP contribution in [0.25, 0.3) is 10.1 Å². The smallest absolute Gasteiger partial charge is 0.0781 e. The van der Waals surface area contributed by atoms with Gasteiger partial charge < -0.3 is 5.11 Å². The predicted molar refractivity (Wildman–Crippen MR) is 60.4 cm³/mol. The van der Waals surface area contributed by atoms with Crippen LogP contribution in [0, 0.1) is 11.8 Å². The molecule has 1 nitrogen and oxygen atoms in total. The molecule has 0 bridgehead atoms. The molecule has 1 heterocycles. The van der Waals surface area contributed by atoms with Gasteiger partial charge in [-0.05, 0) is 17.5 Å². The van der Waals surface area contributed by atoms with Gasteiger partial charge in [0.1, 0.15) is 0 Å². The van der Waals surface area contributed by atoms with E-state index in [1.165, 1.54) is 10.1 Å². The van der Waals surface area contributed by atoms with Gasteiger partial charge >= 0.3 is 0 Å². The summed E-state index contributed by atoms with van der Waals surface area (Å²) in [6.45, 7) is 0.137. The molecule has 1 N–H and O–H groups in total. The lowest BCUT2D eigenvalue weighted by Crippen LogP contribution is -1.75. The maximum atomic E-state index is 8.58. The minimum atomic E-state index is 0.137. The second-order valence-corrected chi connectivity index (χ2v) is 4.01. The molecule has 0 unspecified atom stereocenters. The van der Waals surface area contributed by atoms with E-state index in [9.17, 15) is 0 Å². The van der Waals surface area contributed by atoms with Crippen LogP contribution in [-0.4, -0.2) is 11.7 Å². The predicted octanol–water partition coefficient (Wildman–Crippen LogP) is 2.64. The number of aliphatic hydroxyl groups is 1. The SMILES string of the molecule is OCCC#Cc1cc2ccccc2s1. The van der Waals surface area contributed by atoms with E-state index in [-0.39, 0.29) is 6.61 Å². The summed E-state index contributed by atoms with van der Waals surface area (Å²) in [6.07, 6.45) is 0.550. The lowest BCUT2D eigenvalue weighted by molar-refractivity contribution is 0.305. The zero-order chi connectivity index (χ0) is 9.80. The number of aliphatic hydroxyl groups excluding tert-OH is 1. The van der Waals surface area contributed by atoms with Crippen LogP contribution in [0.15, 0.2) is 30.3 Å². The number of rotatable bonds is 1. The molecule has 0 amide bonds. The van der Waals surface area contributed by atoms with Crippen molar-refractivity contribution in [3.05, 3.63) is 35.2 Å². The maximum absolute atomic E-state index is 8.58. The third-order valence-electron chi connectivity index (χ3n) is 1.87. The first-order chi connectivity index (χ1) is 6.90. The third kappa shape index (κ3) is 1.95. The molecule has 0 fully saturated rings. The fourth-order valence-corrected chi connectivity index (χ4v) is 2.19. The van der Waals surface area contributed by atoms with Crippen molar-refractivity contribution in [3.63, 3.8) is 0 Å². The molecule has 0 radical (unpaired) electrons. The highest BCUT2D eigenvalue weighted by Crippen LogP contribution is 2.24. The first-order valence-electron chi connectivity index (χ1n) is 4.48. The highest BCUT2D eigenvalue weighted by molar-refractivity contribution is 7.19. The third-order valence-corrected chi connectivity index (χ3v) is 2.91. The van der Waals surface area contributed by atoms with Gasteiger partial charge in [0.05, 0.1) is 11.5 Å². The van der Waals surface area contributed by atoms with E-state index < -0.39 is 0 Å². The van der Waals surface area contributed by atoms with Crippen molar-refractivity contribution in [3.8, 4) is 11.8 Å². The second-order valence-electron chi connectivity index (χ2n) is 2.92. The topological polar surface area (TPSA) is 20.2 Å². The van der Waals surface area contributed by atoms with E-state index in [1.54, 1.807) is 11.3 Å². The second kappa shape index (κ2) is 4.28. The number of thiophene rings is 1. The van der Waals surface area contributed by atoms with Crippen LogP contribution in [0.2, 0.25) is 0 Å². The van der Waals surface area contributed by atoms with Gasteiger partial charge in [0.25, 0.3) is 0 Å². The summed E-state index contributed by atoms with van der Waals surface area (Å²) in [7, 11) is 0. The molecule has 2 aromatic rings. The van der Waals surface area contributed by atoms with Crippen molar-refractivity contribution in [1.29, 1.82) is 0 Å². The van der Waals surface area contributed by atoms with Gasteiger partial charge in [-0.3, -0.25) is 0 Å². The van der Waals surface area contributed by atoms with Crippen LogP contribution in [0.1, 0.15) is 11.3 Å². The Morgan fingerprint density at radius 1 is 1.29 bits per heavy atom. The lowest BCUT2D eigenvalue weighted by Gasteiger charge is -1.82. The average Bonchev–Trinajstić information content (AvgIpc) is 2.60. The summed E-state index contributed by atoms with van der Waals surface area (Å²) < 4.78 is 1.26. The molecular weight excluding hydrogens is 192 g/mol. The van der Waals surface area contributed by atoms with Crippen LogP contribution in [0.4, 0.5) is 0 Å². The van der Waals surface area contributed by atoms with Crippen molar-refractivity contribution in [2.75, 3.05) is 6.61 Å². The first kappa shape index (κ1) is 9.26. The van der Waals surface area contributed by atoms with E-state index in [1.807, 2.05) is 12.1 Å². The normalized spacial score (nSPS) is 9.79. The number of benzene rings is 1. The molecule has 0 aliphatic rings. The van der Waals surface area contributed by atoms with Crippen LogP contribution >= 0.6 is 11.3 Å². The van der Waals surface area contributed by atoms with Crippen LogP contribution in [0.3, 0.4) is 0 Å². The van der Waals surface area contributed by atoms with Crippen molar-refractivity contribution in [2.45, 2.75) is 6.42 Å². The molecular formula is C12H10OS. The van der Waals surface area contributed by atoms with Gasteiger partial charge in [-0.2, -0.15) is 0 Å². The highest BCUT2D eigenvalue weighted by atomic mass is 32.1. The number of hydrogen-bond donors (Lipinski definition) is 1. The van der Waals surface area contributed by atoms with E-state index in [0.29, 0.717) is 6.42 Å². The van der Waals surface area contributed by atoms with Gasteiger partial charge in [-0.25, -0.2) is 0 Å². The molecule has 0 saturated carbocycles. The Balaban J connectivity index is 2.33. The molecule has 70 valence electrons. The summed E-state index contributed by atoms with van der Waals surface area (Å²) in [6, 6.07) is 10.3. The Hall–Kier alpha value is -1.30. The summed E-state index contributed by atoms with van der Waals surface area (Å²) in [5.41, 5.74) is 0. The molecule has 0 aliphatic carbocycles. The van der Waals surface area contributed by atoms with Crippen molar-refractivity contribution >= 4 is 21.4 Å². The average molecular weight is 202 g/mol. The van der Waals surface area contributed by atoms with E-state index in [0.717, 1.165) is 4.88 Å². The van der Waals surface area contributed by atoms with E-state index in [4.69, 9.17) is 5.11 Å². The molecule has 14 heavy (non-hydrogen) atoms. The van der Waals surface area contributed by atoms with Crippen molar-refractivity contribution in [2.24, 2.45) is 0 Å². The van der Waals surface area contributed by atoms with Crippen LogP contribution in [0.5, 0.6) is 0 Å². The number of hydrogen-bond acceptors (Lipinski definition) is 2.